The first kappa shape index (κ1) is 8.73. The summed E-state index contributed by atoms with van der Waals surface area (Å²) >= 11 is 0. The van der Waals surface area contributed by atoms with Crippen LogP contribution in [0.3, 0.4) is 0 Å². The Bertz CT molecular complexity index is 239. The average Bonchev–Trinajstić information content (AvgIpc) is 2.11. The second-order valence-electron chi connectivity index (χ2n) is 4.04. The molecule has 0 spiro atoms. The zero-order chi connectivity index (χ0) is 9.42. The highest BCUT2D eigenvalue weighted by Gasteiger charge is 2.44. The number of Topliss-reactive ketones (excluding diaryl/α,β-unsaturated/α-hetero) is 1. The Morgan fingerprint density at radius 2 is 1.92 bits per heavy atom. The third-order valence-corrected chi connectivity index (χ3v) is 3.18. The number of carbonyl (C=O) groups is 2. The summed E-state index contributed by atoms with van der Waals surface area (Å²) in [5, 5.41) is 0. The highest BCUT2D eigenvalue weighted by molar-refractivity contribution is 5.89. The van der Waals surface area contributed by atoms with Crippen molar-refractivity contribution in [1.82, 2.24) is 0 Å². The van der Waals surface area contributed by atoms with Crippen molar-refractivity contribution >= 4 is 11.8 Å². The van der Waals surface area contributed by atoms with Gasteiger partial charge in [-0.3, -0.25) is 9.59 Å². The molecule has 72 valence electrons. The van der Waals surface area contributed by atoms with E-state index in [1.54, 1.807) is 0 Å². The third-order valence-electron chi connectivity index (χ3n) is 3.18. The van der Waals surface area contributed by atoms with Gasteiger partial charge >= 0.3 is 5.97 Å². The Kier molecular flexibility index (Phi) is 2.10. The van der Waals surface area contributed by atoms with Gasteiger partial charge in [0.05, 0.1) is 0 Å². The minimum atomic E-state index is -0.412. The Morgan fingerprint density at radius 3 is 2.38 bits per heavy atom. The van der Waals surface area contributed by atoms with E-state index in [1.165, 1.54) is 6.92 Å². The molecule has 3 aliphatic carbocycles. The van der Waals surface area contributed by atoms with Crippen molar-refractivity contribution in [3.63, 3.8) is 0 Å². The number of hydrogen-bond donors (Lipinski definition) is 0. The summed E-state index contributed by atoms with van der Waals surface area (Å²) in [6.07, 6.45) is 3.69. The van der Waals surface area contributed by atoms with Crippen molar-refractivity contribution in [1.29, 1.82) is 0 Å². The van der Waals surface area contributed by atoms with Crippen LogP contribution in [-0.2, 0) is 14.3 Å². The molecule has 0 heterocycles. The van der Waals surface area contributed by atoms with Crippen LogP contribution in [-0.4, -0.2) is 17.9 Å². The lowest BCUT2D eigenvalue weighted by Gasteiger charge is -2.39. The predicted octanol–water partition coefficient (Wildman–Crippen LogP) is 1.31. The zero-order valence-corrected chi connectivity index (χ0v) is 7.79. The van der Waals surface area contributed by atoms with E-state index in [0.29, 0.717) is 5.92 Å². The minimum absolute atomic E-state index is 0.165. The minimum Gasteiger partial charge on any atom is -0.454 e. The van der Waals surface area contributed by atoms with Crippen LogP contribution in [0.2, 0.25) is 0 Å². The number of hydrogen-bond acceptors (Lipinski definition) is 3. The van der Waals surface area contributed by atoms with Gasteiger partial charge in [-0.05, 0) is 25.7 Å². The molecule has 0 aliphatic heterocycles. The lowest BCUT2D eigenvalue weighted by molar-refractivity contribution is -0.164. The van der Waals surface area contributed by atoms with Crippen molar-refractivity contribution in [2.24, 2.45) is 11.8 Å². The number of fused-ring (bicyclic) bond motifs is 3. The monoisotopic (exact) mass is 182 g/mol. The summed E-state index contributed by atoms with van der Waals surface area (Å²) in [6, 6.07) is 0. The molecule has 3 heteroatoms. The fraction of sp³-hybridized carbons (Fsp3) is 0.800. The van der Waals surface area contributed by atoms with Crippen LogP contribution in [0.1, 0.15) is 32.6 Å². The molecule has 1 atom stereocenters. The molecule has 3 fully saturated rings. The maximum Gasteiger partial charge on any atom is 0.303 e. The molecule has 3 rings (SSSR count). The van der Waals surface area contributed by atoms with Crippen molar-refractivity contribution in [3.8, 4) is 0 Å². The standard InChI is InChI=1S/C10H14O3/c1-6(11)13-10-8-4-2-7(3-5-8)9(10)12/h7-8,10H,2-5H2,1H3/t7?,8?,10-/m1/s1. The molecule has 0 radical (unpaired) electrons. The third kappa shape index (κ3) is 1.47. The van der Waals surface area contributed by atoms with Gasteiger partial charge in [-0.2, -0.15) is 0 Å². The number of esters is 1. The topological polar surface area (TPSA) is 43.4 Å². The second-order valence-corrected chi connectivity index (χ2v) is 4.04. The van der Waals surface area contributed by atoms with E-state index in [4.69, 9.17) is 4.74 Å². The highest BCUT2D eigenvalue weighted by atomic mass is 16.5. The van der Waals surface area contributed by atoms with Gasteiger partial charge < -0.3 is 4.74 Å². The highest BCUT2D eigenvalue weighted by Crippen LogP contribution is 2.40. The molecule has 0 saturated heterocycles. The molecular formula is C10H14O3. The van der Waals surface area contributed by atoms with E-state index < -0.39 is 6.10 Å². The number of ketones is 1. The normalized spacial score (nSPS) is 37.6. The van der Waals surface area contributed by atoms with Crippen LogP contribution < -0.4 is 0 Å². The smallest absolute Gasteiger partial charge is 0.303 e. The molecule has 0 aromatic heterocycles. The van der Waals surface area contributed by atoms with Gasteiger partial charge in [0.1, 0.15) is 0 Å². The Balaban J connectivity index is 2.09. The molecular weight excluding hydrogens is 168 g/mol. The van der Waals surface area contributed by atoms with E-state index in [-0.39, 0.29) is 17.7 Å². The summed E-state index contributed by atoms with van der Waals surface area (Å²) in [6.45, 7) is 1.37. The molecule has 0 N–H and O–H groups in total. The molecule has 2 bridgehead atoms. The van der Waals surface area contributed by atoms with Crippen molar-refractivity contribution in [2.45, 2.75) is 38.7 Å². The van der Waals surface area contributed by atoms with Crippen LogP contribution in [0.5, 0.6) is 0 Å². The SMILES string of the molecule is CC(=O)O[C@H]1C(=O)C2CCC1CC2. The molecule has 0 aromatic rings. The molecule has 3 saturated carbocycles. The number of ether oxygens (including phenoxy) is 1. The molecule has 0 unspecified atom stereocenters. The van der Waals surface area contributed by atoms with E-state index >= 15 is 0 Å². The maximum absolute atomic E-state index is 11.6. The van der Waals surface area contributed by atoms with E-state index in [9.17, 15) is 9.59 Å². The zero-order valence-electron chi connectivity index (χ0n) is 7.79. The van der Waals surface area contributed by atoms with E-state index in [1.807, 2.05) is 0 Å². The van der Waals surface area contributed by atoms with Gasteiger partial charge in [0.25, 0.3) is 0 Å². The Labute approximate surface area is 77.4 Å². The lowest BCUT2D eigenvalue weighted by atomic mass is 9.68. The maximum atomic E-state index is 11.6. The Morgan fingerprint density at radius 1 is 1.31 bits per heavy atom. The van der Waals surface area contributed by atoms with Crippen LogP contribution in [0.4, 0.5) is 0 Å². The first-order valence-electron chi connectivity index (χ1n) is 4.89. The van der Waals surface area contributed by atoms with Gasteiger partial charge in [-0.25, -0.2) is 0 Å². The molecule has 3 nitrogen and oxygen atoms in total. The second kappa shape index (κ2) is 3.13. The molecule has 0 amide bonds. The first-order valence-corrected chi connectivity index (χ1v) is 4.89. The Hall–Kier alpha value is -0.860. The van der Waals surface area contributed by atoms with Crippen LogP contribution in [0.15, 0.2) is 0 Å². The van der Waals surface area contributed by atoms with Gasteiger partial charge in [0.2, 0.25) is 0 Å². The summed E-state index contributed by atoms with van der Waals surface area (Å²) in [7, 11) is 0. The van der Waals surface area contributed by atoms with Gasteiger partial charge in [-0.15, -0.1) is 0 Å². The number of carbonyl (C=O) groups excluding carboxylic acids is 2. The van der Waals surface area contributed by atoms with Crippen LogP contribution >= 0.6 is 0 Å². The van der Waals surface area contributed by atoms with E-state index in [2.05, 4.69) is 0 Å². The molecule has 3 aliphatic rings. The fourth-order valence-corrected chi connectivity index (χ4v) is 2.50. The van der Waals surface area contributed by atoms with Crippen molar-refractivity contribution < 1.29 is 14.3 Å². The quantitative estimate of drug-likeness (QED) is 0.574. The lowest BCUT2D eigenvalue weighted by Crippen LogP contribution is -2.46. The predicted molar refractivity (Wildman–Crippen MR) is 46.0 cm³/mol. The largest absolute Gasteiger partial charge is 0.454 e. The van der Waals surface area contributed by atoms with E-state index in [0.717, 1.165) is 25.7 Å². The van der Waals surface area contributed by atoms with Gasteiger partial charge in [0, 0.05) is 18.8 Å². The fourth-order valence-electron chi connectivity index (χ4n) is 2.50. The molecule has 0 aromatic carbocycles. The molecule has 13 heavy (non-hydrogen) atoms. The first-order chi connectivity index (χ1) is 6.18. The van der Waals surface area contributed by atoms with Gasteiger partial charge in [0.15, 0.2) is 11.9 Å². The average molecular weight is 182 g/mol. The van der Waals surface area contributed by atoms with Crippen LogP contribution in [0, 0.1) is 11.8 Å². The van der Waals surface area contributed by atoms with Gasteiger partial charge in [-0.1, -0.05) is 0 Å². The summed E-state index contributed by atoms with van der Waals surface area (Å²) in [5.41, 5.74) is 0. The summed E-state index contributed by atoms with van der Waals surface area (Å²) < 4.78 is 5.05. The van der Waals surface area contributed by atoms with Crippen molar-refractivity contribution in [2.75, 3.05) is 0 Å². The summed E-state index contributed by atoms with van der Waals surface area (Å²) in [5.74, 6) is 0.319. The van der Waals surface area contributed by atoms with Crippen LogP contribution in [0.25, 0.3) is 0 Å². The van der Waals surface area contributed by atoms with Crippen molar-refractivity contribution in [3.05, 3.63) is 0 Å². The summed E-state index contributed by atoms with van der Waals surface area (Å²) in [4.78, 5) is 22.4. The number of rotatable bonds is 1.